The molecule has 4 unspecified atom stereocenters. The molecule has 2 aliphatic carbocycles. The van der Waals surface area contributed by atoms with Crippen LogP contribution < -0.4 is 31.9 Å². The van der Waals surface area contributed by atoms with E-state index >= 15 is 0 Å². The molecular formula is C60H76N8O10. The van der Waals surface area contributed by atoms with Gasteiger partial charge in [-0.1, -0.05) is 82.3 Å². The highest BCUT2D eigenvalue weighted by atomic mass is 16.3. The van der Waals surface area contributed by atoms with E-state index in [1.807, 2.05) is 58.0 Å². The zero-order valence-electron chi connectivity index (χ0n) is 45.9. The van der Waals surface area contributed by atoms with Crippen LogP contribution in [0.3, 0.4) is 0 Å². The molecule has 4 aromatic carbocycles. The van der Waals surface area contributed by atoms with Crippen molar-refractivity contribution in [2.75, 3.05) is 14.1 Å². The smallest absolute Gasteiger partial charge is 0.246 e. The molecule has 4 aromatic rings. The van der Waals surface area contributed by atoms with E-state index in [-0.39, 0.29) is 83.4 Å². The average molecular weight is 1070 g/mol. The van der Waals surface area contributed by atoms with Crippen LogP contribution in [0.15, 0.2) is 72.8 Å². The van der Waals surface area contributed by atoms with Crippen LogP contribution in [0, 0.1) is 10.8 Å². The van der Waals surface area contributed by atoms with Crippen LogP contribution in [0.4, 0.5) is 0 Å². The second-order valence-corrected chi connectivity index (χ2v) is 23.6. The minimum Gasteiger partial charge on any atom is -0.504 e. The summed E-state index contributed by atoms with van der Waals surface area (Å²) in [5.41, 5.74) is 5.88. The van der Waals surface area contributed by atoms with Crippen LogP contribution in [0.1, 0.15) is 149 Å². The fourth-order valence-electron chi connectivity index (χ4n) is 13.2. The number of nitrogens with zero attached hydrogens (tertiary/aromatic N) is 2. The van der Waals surface area contributed by atoms with Crippen LogP contribution in [-0.4, -0.2) is 116 Å². The summed E-state index contributed by atoms with van der Waals surface area (Å²) >= 11 is 0. The number of fused-ring (bicyclic) bond motifs is 8. The first-order valence-corrected chi connectivity index (χ1v) is 27.5. The van der Waals surface area contributed by atoms with E-state index in [1.54, 1.807) is 43.8 Å². The fraction of sp³-hybridized carbons (Fsp3) is 0.500. The van der Waals surface area contributed by atoms with Crippen molar-refractivity contribution in [3.05, 3.63) is 117 Å². The Morgan fingerprint density at radius 2 is 0.987 bits per heavy atom. The van der Waals surface area contributed by atoms with Crippen molar-refractivity contribution >= 4 is 35.4 Å². The van der Waals surface area contributed by atoms with Gasteiger partial charge in [0.15, 0.2) is 23.0 Å². The second kappa shape index (κ2) is 21.9. The van der Waals surface area contributed by atoms with Crippen molar-refractivity contribution in [2.45, 2.75) is 166 Å². The third-order valence-corrected chi connectivity index (χ3v) is 17.5. The van der Waals surface area contributed by atoms with E-state index in [0.717, 1.165) is 49.7 Å². The first-order chi connectivity index (χ1) is 37.0. The van der Waals surface area contributed by atoms with Crippen molar-refractivity contribution in [3.63, 3.8) is 0 Å². The van der Waals surface area contributed by atoms with Gasteiger partial charge in [0.25, 0.3) is 0 Å². The van der Waals surface area contributed by atoms with Gasteiger partial charge in [-0.3, -0.25) is 28.8 Å². The Morgan fingerprint density at radius 1 is 0.538 bits per heavy atom. The Hall–Kier alpha value is -7.18. The molecule has 18 nitrogen and oxygen atoms in total. The van der Waals surface area contributed by atoms with Crippen molar-refractivity contribution < 1.29 is 49.2 Å². The van der Waals surface area contributed by atoms with Gasteiger partial charge in [0, 0.05) is 18.4 Å². The molecule has 0 aromatic heterocycles. The number of hydrogen-bond donors (Lipinski definition) is 10. The highest BCUT2D eigenvalue weighted by molar-refractivity contribution is 5.96. The zero-order valence-corrected chi connectivity index (χ0v) is 45.9. The van der Waals surface area contributed by atoms with Gasteiger partial charge in [-0.05, 0) is 147 Å². The normalized spacial score (nSPS) is 26.1. The van der Waals surface area contributed by atoms with E-state index in [0.29, 0.717) is 35.1 Å². The molecule has 18 heteroatoms. The standard InChI is InChI=1S/2C30H38N4O5/c1-16(31-4)27(37)33-22-12-18-13-24(35)25(36)14-20(18)23-15-30(2,3)26(34(23)29(22)39)28(38)32-21-11-7-9-17-8-5-6-10-19(17)21;1-16(31-4)27(37)33-21-14-18-12-13-23(35)25(36)24(18)22-15-30(2,3)26(34(22)29(21)39)28(38)32-20-11-7-9-17-8-5-6-10-19(17)20/h5-6,8,10,13-14,16,21-23,26,31,35-36H,7,9,11-12,15H2,1-4H3,(H,32,38)(H,33,37);5-6,8,10,12-13,16,20-22,26,31,35-36H,7,9,11,14-15H2,1-4H3,(H,32,38)(H,33,37)/t16-,21+,22-,23?,26?;16-,20+,21-,22?,26?/m00/s1. The number of nitrogens with one attached hydrogen (secondary N) is 6. The van der Waals surface area contributed by atoms with Crippen LogP contribution in [0.25, 0.3) is 0 Å². The molecule has 10 atom stereocenters. The summed E-state index contributed by atoms with van der Waals surface area (Å²) in [5.74, 6) is -3.01. The molecule has 10 rings (SSSR count). The van der Waals surface area contributed by atoms with Gasteiger partial charge >= 0.3 is 0 Å². The summed E-state index contributed by atoms with van der Waals surface area (Å²) < 4.78 is 0. The lowest BCUT2D eigenvalue weighted by atomic mass is 9.80. The topological polar surface area (TPSA) is 262 Å². The van der Waals surface area contributed by atoms with E-state index in [4.69, 9.17) is 0 Å². The quantitative estimate of drug-likeness (QED) is 0.0918. The predicted octanol–water partition coefficient (Wildman–Crippen LogP) is 5.22. The number of phenolic OH excluding ortho intramolecular Hbond substituents is 4. The van der Waals surface area contributed by atoms with E-state index in [1.165, 1.54) is 29.3 Å². The zero-order chi connectivity index (χ0) is 56.1. The third kappa shape index (κ3) is 10.5. The molecule has 4 aliphatic heterocycles. The van der Waals surface area contributed by atoms with E-state index in [2.05, 4.69) is 50.1 Å². The number of phenols is 4. The Kier molecular flexibility index (Phi) is 15.6. The molecule has 4 heterocycles. The molecular weight excluding hydrogens is 993 g/mol. The first kappa shape index (κ1) is 55.6. The number of amides is 6. The van der Waals surface area contributed by atoms with E-state index < -0.39 is 59.2 Å². The van der Waals surface area contributed by atoms with E-state index in [9.17, 15) is 49.2 Å². The maximum absolute atomic E-state index is 14.2. The Morgan fingerprint density at radius 3 is 1.49 bits per heavy atom. The van der Waals surface area contributed by atoms with Gasteiger partial charge in [0.2, 0.25) is 35.4 Å². The lowest BCUT2D eigenvalue weighted by Crippen LogP contribution is -2.57. The largest absolute Gasteiger partial charge is 0.504 e. The van der Waals surface area contributed by atoms with Gasteiger partial charge in [-0.15, -0.1) is 0 Å². The number of likely N-dealkylation sites (N-methyl/N-ethyl adjacent to an activating group) is 2. The molecule has 10 N–H and O–H groups in total. The number of aryl methyl sites for hydroxylation is 2. The summed E-state index contributed by atoms with van der Waals surface area (Å²) in [4.78, 5) is 85.4. The first-order valence-electron chi connectivity index (χ1n) is 27.5. The lowest BCUT2D eigenvalue weighted by Gasteiger charge is -2.36. The Labute approximate surface area is 456 Å². The third-order valence-electron chi connectivity index (χ3n) is 17.5. The van der Waals surface area contributed by atoms with Gasteiger partial charge < -0.3 is 62.1 Å². The molecule has 2 saturated heterocycles. The van der Waals surface area contributed by atoms with Crippen molar-refractivity contribution in [1.29, 1.82) is 0 Å². The van der Waals surface area contributed by atoms with Gasteiger partial charge in [-0.2, -0.15) is 0 Å². The molecule has 6 aliphatic rings. The van der Waals surface area contributed by atoms with Crippen LogP contribution in [0.2, 0.25) is 0 Å². The SMILES string of the molecule is CN[C@@H](C)C(=O)N[C@H]1Cc2cc(O)c(O)cc2C2CC(C)(C)C(C(=O)N[C@@H]3CCCc4ccccc43)N2C1=O.CN[C@@H](C)C(=O)N[C@H]1Cc2ccc(O)c(O)c2C2CC(C)(C)C(C(=O)N[C@@H]3CCCc4ccccc43)N2C1=O. The number of aromatic hydroxyl groups is 4. The molecule has 78 heavy (non-hydrogen) atoms. The number of hydrogen-bond acceptors (Lipinski definition) is 12. The highest BCUT2D eigenvalue weighted by Gasteiger charge is 2.58. The Balaban J connectivity index is 0.000000190. The summed E-state index contributed by atoms with van der Waals surface area (Å²) in [6.45, 7) is 11.3. The highest BCUT2D eigenvalue weighted by Crippen LogP contribution is 2.54. The van der Waals surface area contributed by atoms with Gasteiger partial charge in [0.1, 0.15) is 24.2 Å². The predicted molar refractivity (Wildman–Crippen MR) is 292 cm³/mol. The van der Waals surface area contributed by atoms with Gasteiger partial charge in [-0.25, -0.2) is 0 Å². The molecule has 416 valence electrons. The van der Waals surface area contributed by atoms with Crippen molar-refractivity contribution in [2.24, 2.45) is 10.8 Å². The second-order valence-electron chi connectivity index (χ2n) is 23.6. The summed E-state index contributed by atoms with van der Waals surface area (Å²) in [7, 11) is 3.33. The monoisotopic (exact) mass is 1070 g/mol. The van der Waals surface area contributed by atoms with Crippen LogP contribution in [0.5, 0.6) is 23.0 Å². The summed E-state index contributed by atoms with van der Waals surface area (Å²) in [6.07, 6.45) is 6.69. The Bertz CT molecular complexity index is 2990. The maximum Gasteiger partial charge on any atom is 0.246 e. The minimum atomic E-state index is -0.930. The van der Waals surface area contributed by atoms with Crippen LogP contribution in [-0.2, 0) is 54.5 Å². The van der Waals surface area contributed by atoms with Crippen LogP contribution >= 0.6 is 0 Å². The molecule has 0 saturated carbocycles. The number of rotatable bonds is 10. The number of benzene rings is 4. The molecule has 0 radical (unpaired) electrons. The summed E-state index contributed by atoms with van der Waals surface area (Å²) in [5, 5.41) is 60.0. The maximum atomic E-state index is 14.2. The molecule has 0 spiro atoms. The van der Waals surface area contributed by atoms with Crippen molar-refractivity contribution in [3.8, 4) is 23.0 Å². The van der Waals surface area contributed by atoms with Gasteiger partial charge in [0.05, 0.1) is 36.3 Å². The minimum absolute atomic E-state index is 0.139. The number of carbonyl (C=O) groups excluding carboxylic acids is 6. The molecule has 2 fully saturated rings. The summed E-state index contributed by atoms with van der Waals surface area (Å²) in [6, 6.07) is 16.3. The number of carbonyl (C=O) groups is 6. The lowest BCUT2D eigenvalue weighted by molar-refractivity contribution is -0.145. The molecule has 0 bridgehead atoms. The molecule has 6 amide bonds. The van der Waals surface area contributed by atoms with Crippen molar-refractivity contribution in [1.82, 2.24) is 41.7 Å². The average Bonchev–Trinajstić information content (AvgIpc) is 3.95. The fourth-order valence-corrected chi connectivity index (χ4v) is 13.2.